The first-order chi connectivity index (χ1) is 12.5. The van der Waals surface area contributed by atoms with Gasteiger partial charge < -0.3 is 15.4 Å². The van der Waals surface area contributed by atoms with Crippen LogP contribution in [0, 0.1) is 11.6 Å². The zero-order chi connectivity index (χ0) is 18.5. The number of ether oxygens (including phenoxy) is 1. The lowest BCUT2D eigenvalue weighted by Crippen LogP contribution is -2.28. The molecular formula is C17H15F2N5O2. The molecule has 0 radical (unpaired) electrons. The van der Waals surface area contributed by atoms with Gasteiger partial charge in [-0.2, -0.15) is 0 Å². The second-order valence-corrected chi connectivity index (χ2v) is 5.29. The molecule has 0 aliphatic heterocycles. The van der Waals surface area contributed by atoms with E-state index in [0.717, 1.165) is 17.8 Å². The molecule has 2 amide bonds. The molecule has 2 N–H and O–H groups in total. The Balaban J connectivity index is 1.60. The topological polar surface area (TPSA) is 81.1 Å². The average molecular weight is 359 g/mol. The molecule has 26 heavy (non-hydrogen) atoms. The van der Waals surface area contributed by atoms with Crippen LogP contribution in [0.15, 0.2) is 48.7 Å². The first-order valence-corrected chi connectivity index (χ1v) is 7.61. The molecule has 1 aromatic heterocycles. The van der Waals surface area contributed by atoms with Gasteiger partial charge in [0.2, 0.25) is 0 Å². The normalized spacial score (nSPS) is 10.4. The number of carbonyl (C=O) groups excluding carboxylic acids is 1. The molecule has 0 fully saturated rings. The van der Waals surface area contributed by atoms with E-state index in [2.05, 4.69) is 20.9 Å². The van der Waals surface area contributed by atoms with Gasteiger partial charge in [0.05, 0.1) is 31.2 Å². The van der Waals surface area contributed by atoms with Crippen LogP contribution < -0.4 is 15.4 Å². The molecule has 3 aromatic rings. The molecule has 0 bridgehead atoms. The third-order valence-electron chi connectivity index (χ3n) is 3.47. The number of methoxy groups -OCH3 is 1. The standard InChI is InChI=1S/C17H15F2N5O2/c1-26-14-4-2-3-13(8-14)24-10-12(22-23-24)9-20-17(25)21-16-6-5-11(18)7-15(16)19/h2-8,10H,9H2,1H3,(H2,20,21,25). The Hall–Kier alpha value is -3.49. The van der Waals surface area contributed by atoms with Gasteiger partial charge in [0, 0.05) is 12.1 Å². The Bertz CT molecular complexity index is 929. The molecule has 2 aromatic carbocycles. The molecule has 7 nitrogen and oxygen atoms in total. The van der Waals surface area contributed by atoms with Crippen molar-refractivity contribution in [3.05, 3.63) is 66.0 Å². The molecule has 1 heterocycles. The first-order valence-electron chi connectivity index (χ1n) is 7.61. The third-order valence-corrected chi connectivity index (χ3v) is 3.47. The van der Waals surface area contributed by atoms with Gasteiger partial charge in [-0.25, -0.2) is 18.3 Å². The maximum absolute atomic E-state index is 13.5. The smallest absolute Gasteiger partial charge is 0.319 e. The van der Waals surface area contributed by atoms with Crippen LogP contribution in [0.2, 0.25) is 0 Å². The van der Waals surface area contributed by atoms with Crippen molar-refractivity contribution in [2.45, 2.75) is 6.54 Å². The number of rotatable bonds is 5. The van der Waals surface area contributed by atoms with Gasteiger partial charge in [-0.1, -0.05) is 11.3 Å². The number of amides is 2. The number of nitrogens with zero attached hydrogens (tertiary/aromatic N) is 3. The van der Waals surface area contributed by atoms with E-state index in [9.17, 15) is 13.6 Å². The number of urea groups is 1. The average Bonchev–Trinajstić information content (AvgIpc) is 3.11. The zero-order valence-corrected chi connectivity index (χ0v) is 13.7. The number of benzene rings is 2. The van der Waals surface area contributed by atoms with Crippen molar-refractivity contribution in [1.29, 1.82) is 0 Å². The molecule has 0 aliphatic carbocycles. The summed E-state index contributed by atoms with van der Waals surface area (Å²) in [4.78, 5) is 11.8. The Morgan fingerprint density at radius 2 is 2.08 bits per heavy atom. The van der Waals surface area contributed by atoms with Gasteiger partial charge >= 0.3 is 6.03 Å². The highest BCUT2D eigenvalue weighted by Crippen LogP contribution is 2.16. The fourth-order valence-electron chi connectivity index (χ4n) is 2.19. The highest BCUT2D eigenvalue weighted by Gasteiger charge is 2.09. The van der Waals surface area contributed by atoms with Crippen LogP contribution in [-0.4, -0.2) is 28.1 Å². The maximum atomic E-state index is 13.5. The van der Waals surface area contributed by atoms with Crippen molar-refractivity contribution < 1.29 is 18.3 Å². The molecule has 3 rings (SSSR count). The van der Waals surface area contributed by atoms with Crippen LogP contribution in [0.3, 0.4) is 0 Å². The van der Waals surface area contributed by atoms with E-state index in [1.54, 1.807) is 19.4 Å². The minimum absolute atomic E-state index is 0.0820. The molecule has 0 unspecified atom stereocenters. The fourth-order valence-corrected chi connectivity index (χ4v) is 2.19. The number of hydrogen-bond acceptors (Lipinski definition) is 4. The minimum Gasteiger partial charge on any atom is -0.497 e. The monoisotopic (exact) mass is 359 g/mol. The number of carbonyl (C=O) groups is 1. The molecule has 134 valence electrons. The van der Waals surface area contributed by atoms with Crippen LogP contribution >= 0.6 is 0 Å². The van der Waals surface area contributed by atoms with Crippen LogP contribution in [0.5, 0.6) is 5.75 Å². The van der Waals surface area contributed by atoms with Crippen molar-refractivity contribution in [2.75, 3.05) is 12.4 Å². The highest BCUT2D eigenvalue weighted by atomic mass is 19.1. The van der Waals surface area contributed by atoms with Gasteiger partial charge in [-0.3, -0.25) is 0 Å². The molecule has 0 atom stereocenters. The highest BCUT2D eigenvalue weighted by molar-refractivity contribution is 5.89. The summed E-state index contributed by atoms with van der Waals surface area (Å²) in [6, 6.07) is 9.48. The Morgan fingerprint density at radius 1 is 1.23 bits per heavy atom. The lowest BCUT2D eigenvalue weighted by Gasteiger charge is -2.07. The lowest BCUT2D eigenvalue weighted by molar-refractivity contribution is 0.251. The van der Waals surface area contributed by atoms with E-state index < -0.39 is 17.7 Å². The third kappa shape index (κ3) is 4.12. The molecular weight excluding hydrogens is 344 g/mol. The largest absolute Gasteiger partial charge is 0.497 e. The number of anilines is 1. The zero-order valence-electron chi connectivity index (χ0n) is 13.7. The van der Waals surface area contributed by atoms with Crippen LogP contribution in [0.4, 0.5) is 19.3 Å². The van der Waals surface area contributed by atoms with E-state index in [1.165, 1.54) is 4.68 Å². The van der Waals surface area contributed by atoms with Crippen molar-refractivity contribution in [3.8, 4) is 11.4 Å². The van der Waals surface area contributed by atoms with Crippen molar-refractivity contribution in [1.82, 2.24) is 20.3 Å². The van der Waals surface area contributed by atoms with Gasteiger partial charge in [0.15, 0.2) is 0 Å². The summed E-state index contributed by atoms with van der Waals surface area (Å²) in [5.41, 5.74) is 1.13. The van der Waals surface area contributed by atoms with E-state index in [-0.39, 0.29) is 12.2 Å². The van der Waals surface area contributed by atoms with Gasteiger partial charge in [0.1, 0.15) is 23.1 Å². The predicted molar refractivity (Wildman–Crippen MR) is 90.1 cm³/mol. The van der Waals surface area contributed by atoms with Gasteiger partial charge in [0.25, 0.3) is 0 Å². The SMILES string of the molecule is COc1cccc(-n2cc(CNC(=O)Nc3ccc(F)cc3F)nn2)c1. The molecule has 9 heteroatoms. The summed E-state index contributed by atoms with van der Waals surface area (Å²) in [6.07, 6.45) is 1.65. The molecule has 0 spiro atoms. The summed E-state index contributed by atoms with van der Waals surface area (Å²) in [7, 11) is 1.57. The van der Waals surface area contributed by atoms with Crippen LogP contribution in [-0.2, 0) is 6.54 Å². The summed E-state index contributed by atoms with van der Waals surface area (Å²) >= 11 is 0. The molecule has 0 saturated carbocycles. The fraction of sp³-hybridized carbons (Fsp3) is 0.118. The Labute approximate surface area is 147 Å². The van der Waals surface area contributed by atoms with Crippen LogP contribution in [0.25, 0.3) is 5.69 Å². The molecule has 0 saturated heterocycles. The van der Waals surface area contributed by atoms with Crippen LogP contribution in [0.1, 0.15) is 5.69 Å². The van der Waals surface area contributed by atoms with Crippen molar-refractivity contribution in [3.63, 3.8) is 0 Å². The quantitative estimate of drug-likeness (QED) is 0.734. The van der Waals surface area contributed by atoms with E-state index in [0.29, 0.717) is 17.5 Å². The number of aromatic nitrogens is 3. The van der Waals surface area contributed by atoms with Gasteiger partial charge in [-0.15, -0.1) is 5.10 Å². The van der Waals surface area contributed by atoms with E-state index in [1.807, 2.05) is 18.2 Å². The maximum Gasteiger partial charge on any atom is 0.319 e. The van der Waals surface area contributed by atoms with E-state index in [4.69, 9.17) is 4.74 Å². The molecule has 0 aliphatic rings. The number of halogens is 2. The summed E-state index contributed by atoms with van der Waals surface area (Å²) in [5.74, 6) is -0.898. The second kappa shape index (κ2) is 7.60. The van der Waals surface area contributed by atoms with Crippen molar-refractivity contribution >= 4 is 11.7 Å². The van der Waals surface area contributed by atoms with Crippen molar-refractivity contribution in [2.24, 2.45) is 0 Å². The number of hydrogen-bond donors (Lipinski definition) is 2. The summed E-state index contributed by atoms with van der Waals surface area (Å²) in [6.45, 7) is 0.0820. The Morgan fingerprint density at radius 3 is 2.85 bits per heavy atom. The Kier molecular flexibility index (Phi) is 5.07. The summed E-state index contributed by atoms with van der Waals surface area (Å²) < 4.78 is 33.1. The predicted octanol–water partition coefficient (Wildman–Crippen LogP) is 2.88. The summed E-state index contributed by atoms with van der Waals surface area (Å²) in [5, 5.41) is 12.8. The second-order valence-electron chi connectivity index (χ2n) is 5.29. The number of nitrogens with one attached hydrogen (secondary N) is 2. The van der Waals surface area contributed by atoms with E-state index >= 15 is 0 Å². The lowest BCUT2D eigenvalue weighted by atomic mass is 10.3. The van der Waals surface area contributed by atoms with Gasteiger partial charge in [-0.05, 0) is 24.3 Å². The minimum atomic E-state index is -0.857. The first kappa shape index (κ1) is 17.3.